The summed E-state index contributed by atoms with van der Waals surface area (Å²) in [5, 5.41) is 9.27. The van der Waals surface area contributed by atoms with Gasteiger partial charge in [-0.2, -0.15) is 0 Å². The van der Waals surface area contributed by atoms with Crippen molar-refractivity contribution >= 4 is 71.3 Å². The zero-order chi connectivity index (χ0) is 36.7. The summed E-state index contributed by atoms with van der Waals surface area (Å²) >= 11 is 0. The Hall–Kier alpha value is -7.63. The number of aromatic nitrogens is 3. The van der Waals surface area contributed by atoms with Gasteiger partial charge in [-0.1, -0.05) is 127 Å². The Labute approximate surface area is 321 Å². The Morgan fingerprint density at radius 1 is 0.339 bits per heavy atom. The van der Waals surface area contributed by atoms with E-state index in [4.69, 9.17) is 19.4 Å². The molecule has 0 fully saturated rings. The van der Waals surface area contributed by atoms with Gasteiger partial charge in [0.1, 0.15) is 11.2 Å². The van der Waals surface area contributed by atoms with Gasteiger partial charge in [0.25, 0.3) is 0 Å². The first-order chi connectivity index (χ1) is 27.7. The van der Waals surface area contributed by atoms with E-state index >= 15 is 0 Å². The summed E-state index contributed by atoms with van der Waals surface area (Å²) < 4.78 is 6.14. The number of fused-ring (bicyclic) bond motifs is 7. The molecule has 5 heteroatoms. The lowest BCUT2D eigenvalue weighted by Gasteiger charge is -2.34. The van der Waals surface area contributed by atoms with Crippen LogP contribution >= 0.6 is 0 Å². The Bertz CT molecular complexity index is 3380. The monoisotopic (exact) mass is 714 g/mol. The molecule has 1 aliphatic rings. The largest absolute Gasteiger partial charge is 0.456 e. The summed E-state index contributed by atoms with van der Waals surface area (Å²) in [7, 11) is 0. The number of hydrogen-bond acceptors (Lipinski definition) is 5. The zero-order valence-corrected chi connectivity index (χ0v) is 30.0. The smallest absolute Gasteiger partial charge is 0.164 e. The van der Waals surface area contributed by atoms with Crippen LogP contribution in [-0.2, 0) is 0 Å². The number of rotatable bonds is 4. The van der Waals surface area contributed by atoms with E-state index in [9.17, 15) is 0 Å². The Morgan fingerprint density at radius 3 is 1.80 bits per heavy atom. The summed E-state index contributed by atoms with van der Waals surface area (Å²) in [6, 6.07) is 64.1. The van der Waals surface area contributed by atoms with Crippen LogP contribution in [-0.4, -0.2) is 15.0 Å². The molecule has 0 saturated heterocycles. The van der Waals surface area contributed by atoms with Gasteiger partial charge in [0.15, 0.2) is 17.5 Å². The van der Waals surface area contributed by atoms with E-state index < -0.39 is 0 Å². The molecule has 1 aliphatic heterocycles. The third kappa shape index (κ3) is 4.71. The molecule has 11 aromatic rings. The second-order valence-corrected chi connectivity index (χ2v) is 14.4. The Balaban J connectivity index is 1.04. The summed E-state index contributed by atoms with van der Waals surface area (Å²) in [6.45, 7) is 0. The first-order valence-corrected chi connectivity index (χ1v) is 18.8. The van der Waals surface area contributed by atoms with E-state index in [0.717, 1.165) is 55.1 Å². The lowest BCUT2D eigenvalue weighted by atomic mass is 9.89. The zero-order valence-electron chi connectivity index (χ0n) is 30.0. The molecule has 5 nitrogen and oxygen atoms in total. The fourth-order valence-corrected chi connectivity index (χ4v) is 8.57. The van der Waals surface area contributed by atoms with E-state index in [-0.39, 0.29) is 0 Å². The van der Waals surface area contributed by atoms with Crippen LogP contribution in [0.4, 0.5) is 17.1 Å². The van der Waals surface area contributed by atoms with Gasteiger partial charge in [-0.3, -0.25) is 0 Å². The maximum absolute atomic E-state index is 6.14. The third-order valence-corrected chi connectivity index (χ3v) is 11.2. The molecule has 0 atom stereocenters. The molecule has 9 aromatic carbocycles. The molecule has 260 valence electrons. The van der Waals surface area contributed by atoms with Crippen molar-refractivity contribution in [1.82, 2.24) is 15.0 Å². The van der Waals surface area contributed by atoms with Gasteiger partial charge in [0, 0.05) is 43.8 Å². The first kappa shape index (κ1) is 30.8. The SMILES string of the molecule is c1ccc(-c2nc(-c3ccc4c(N5c6cc7ccccc7cc6-c6cccc7cccc5c67)cccc4c3)nc(-c3ccc4oc5ccccc5c4c3)n2)cc1. The number of nitrogens with zero attached hydrogens (tertiary/aromatic N) is 4. The van der Waals surface area contributed by atoms with E-state index in [2.05, 4.69) is 126 Å². The molecule has 0 aliphatic carbocycles. The molecule has 0 amide bonds. The van der Waals surface area contributed by atoms with Crippen molar-refractivity contribution in [2.75, 3.05) is 4.90 Å². The van der Waals surface area contributed by atoms with Crippen LogP contribution in [0.1, 0.15) is 0 Å². The molecule has 0 bridgehead atoms. The highest BCUT2D eigenvalue weighted by molar-refractivity contribution is 6.17. The van der Waals surface area contributed by atoms with Crippen LogP contribution in [0.5, 0.6) is 0 Å². The number of para-hydroxylation sites is 1. The molecule has 0 spiro atoms. The molecule has 56 heavy (non-hydrogen) atoms. The van der Waals surface area contributed by atoms with Gasteiger partial charge in [-0.15, -0.1) is 0 Å². The summed E-state index contributed by atoms with van der Waals surface area (Å²) in [5.41, 5.74) is 10.4. The summed E-state index contributed by atoms with van der Waals surface area (Å²) in [4.78, 5) is 17.7. The topological polar surface area (TPSA) is 55.1 Å². The minimum atomic E-state index is 0.610. The number of benzene rings is 9. The molecule has 0 radical (unpaired) electrons. The van der Waals surface area contributed by atoms with Crippen LogP contribution in [0.25, 0.3) is 99.5 Å². The van der Waals surface area contributed by atoms with E-state index in [1.807, 2.05) is 60.7 Å². The minimum absolute atomic E-state index is 0.610. The number of anilines is 3. The maximum Gasteiger partial charge on any atom is 0.164 e. The Kier molecular flexibility index (Phi) is 6.56. The fourth-order valence-electron chi connectivity index (χ4n) is 8.57. The van der Waals surface area contributed by atoms with E-state index in [1.165, 1.54) is 44.0 Å². The van der Waals surface area contributed by atoms with Gasteiger partial charge in [0.05, 0.1) is 17.1 Å². The molecule has 0 N–H and O–H groups in total. The van der Waals surface area contributed by atoms with Gasteiger partial charge in [0.2, 0.25) is 0 Å². The van der Waals surface area contributed by atoms with Crippen molar-refractivity contribution < 1.29 is 4.42 Å². The van der Waals surface area contributed by atoms with Crippen molar-refractivity contribution in [3.05, 3.63) is 182 Å². The second kappa shape index (κ2) is 11.9. The van der Waals surface area contributed by atoms with Crippen LogP contribution in [0, 0.1) is 0 Å². The predicted octanol–water partition coefficient (Wildman–Crippen LogP) is 13.7. The van der Waals surface area contributed by atoms with Gasteiger partial charge in [-0.25, -0.2) is 15.0 Å². The van der Waals surface area contributed by atoms with E-state index in [1.54, 1.807) is 0 Å². The van der Waals surface area contributed by atoms with Crippen molar-refractivity contribution in [3.63, 3.8) is 0 Å². The number of hydrogen-bond donors (Lipinski definition) is 0. The molecule has 3 heterocycles. The van der Waals surface area contributed by atoms with Crippen molar-refractivity contribution in [1.29, 1.82) is 0 Å². The van der Waals surface area contributed by atoms with E-state index in [0.29, 0.717) is 17.5 Å². The highest BCUT2D eigenvalue weighted by atomic mass is 16.3. The highest BCUT2D eigenvalue weighted by Gasteiger charge is 2.27. The lowest BCUT2D eigenvalue weighted by molar-refractivity contribution is 0.669. The summed E-state index contributed by atoms with van der Waals surface area (Å²) in [6.07, 6.45) is 0. The van der Waals surface area contributed by atoms with Gasteiger partial charge < -0.3 is 9.32 Å². The first-order valence-electron chi connectivity index (χ1n) is 18.8. The van der Waals surface area contributed by atoms with Gasteiger partial charge >= 0.3 is 0 Å². The summed E-state index contributed by atoms with van der Waals surface area (Å²) in [5.74, 6) is 1.85. The molecule has 0 unspecified atom stereocenters. The van der Waals surface area contributed by atoms with Crippen LogP contribution < -0.4 is 4.90 Å². The van der Waals surface area contributed by atoms with Crippen molar-refractivity contribution in [3.8, 4) is 45.3 Å². The predicted molar refractivity (Wildman–Crippen MR) is 230 cm³/mol. The fraction of sp³-hybridized carbons (Fsp3) is 0. The highest BCUT2D eigenvalue weighted by Crippen LogP contribution is 2.53. The molecular formula is C51H30N4O. The molecule has 2 aromatic heterocycles. The van der Waals surface area contributed by atoms with Gasteiger partial charge in [-0.05, 0) is 81.7 Å². The lowest BCUT2D eigenvalue weighted by Crippen LogP contribution is -2.15. The molecule has 12 rings (SSSR count). The van der Waals surface area contributed by atoms with Crippen molar-refractivity contribution in [2.24, 2.45) is 0 Å². The van der Waals surface area contributed by atoms with Crippen LogP contribution in [0.2, 0.25) is 0 Å². The minimum Gasteiger partial charge on any atom is -0.456 e. The normalized spacial score (nSPS) is 12.2. The maximum atomic E-state index is 6.14. The average Bonchev–Trinajstić information content (AvgIpc) is 3.64. The quantitative estimate of drug-likeness (QED) is 0.182. The Morgan fingerprint density at radius 2 is 0.964 bits per heavy atom. The molecular weight excluding hydrogens is 685 g/mol. The standard InChI is InChI=1S/C51H30N4O/c1-2-11-32(12-3-1)49-52-50(54-51(53-49)37-24-26-47-42(29-37)39-18-6-7-22-46(39)56-47)36-23-25-38-35(27-36)17-10-20-43(38)55-44-21-9-16-31-15-8-19-40(48(31)44)41-28-33-13-4-5-14-34(33)30-45(41)55/h1-30H. The van der Waals surface area contributed by atoms with Crippen LogP contribution in [0.3, 0.4) is 0 Å². The average molecular weight is 715 g/mol. The van der Waals surface area contributed by atoms with Crippen molar-refractivity contribution in [2.45, 2.75) is 0 Å². The molecule has 0 saturated carbocycles. The number of furan rings is 1. The van der Waals surface area contributed by atoms with Crippen LogP contribution in [0.15, 0.2) is 186 Å². The third-order valence-electron chi connectivity index (χ3n) is 11.2. The second-order valence-electron chi connectivity index (χ2n) is 14.4.